The summed E-state index contributed by atoms with van der Waals surface area (Å²) >= 11 is 0. The quantitative estimate of drug-likeness (QED) is 0.709. The van der Waals surface area contributed by atoms with Crippen LogP contribution in [0, 0.1) is 5.92 Å². The van der Waals surface area contributed by atoms with Crippen molar-refractivity contribution in [2.24, 2.45) is 5.92 Å². The molecule has 86 valence electrons. The number of carbonyl (C=O) groups excluding carboxylic acids is 1. The number of aromatic amines is 1. The van der Waals surface area contributed by atoms with Crippen LogP contribution in [-0.4, -0.2) is 34.4 Å². The number of hydrogen-bond acceptors (Lipinski definition) is 4. The molecule has 1 unspecified atom stereocenters. The summed E-state index contributed by atoms with van der Waals surface area (Å²) in [5, 5.41) is 15.6. The van der Waals surface area contributed by atoms with Crippen LogP contribution in [0.25, 0.3) is 0 Å². The number of nitrogens with one attached hydrogen (secondary N) is 1. The highest BCUT2D eigenvalue weighted by Gasteiger charge is 2.30. The molecule has 0 saturated carbocycles. The SMILES string of the molecule is COC(=O)c1n[nH]c2c1CC(C(=O)O)CC2. The summed E-state index contributed by atoms with van der Waals surface area (Å²) in [5.74, 6) is -1.79. The van der Waals surface area contributed by atoms with Crippen LogP contribution in [-0.2, 0) is 22.4 Å². The average molecular weight is 224 g/mol. The summed E-state index contributed by atoms with van der Waals surface area (Å²) in [5.41, 5.74) is 1.74. The van der Waals surface area contributed by atoms with Crippen LogP contribution in [0.5, 0.6) is 0 Å². The number of rotatable bonds is 2. The van der Waals surface area contributed by atoms with Gasteiger partial charge < -0.3 is 9.84 Å². The van der Waals surface area contributed by atoms with Crippen molar-refractivity contribution < 1.29 is 19.4 Å². The van der Waals surface area contributed by atoms with Crippen molar-refractivity contribution >= 4 is 11.9 Å². The van der Waals surface area contributed by atoms with Crippen LogP contribution in [0.2, 0.25) is 0 Å². The first-order valence-corrected chi connectivity index (χ1v) is 5.00. The second-order valence-corrected chi connectivity index (χ2v) is 3.80. The van der Waals surface area contributed by atoms with Crippen LogP contribution in [0.3, 0.4) is 0 Å². The Bertz CT molecular complexity index is 438. The van der Waals surface area contributed by atoms with Crippen molar-refractivity contribution in [3.8, 4) is 0 Å². The first-order valence-electron chi connectivity index (χ1n) is 5.00. The zero-order valence-electron chi connectivity index (χ0n) is 8.82. The van der Waals surface area contributed by atoms with Gasteiger partial charge in [-0.15, -0.1) is 0 Å². The van der Waals surface area contributed by atoms with E-state index in [0.29, 0.717) is 24.8 Å². The van der Waals surface area contributed by atoms with E-state index in [4.69, 9.17) is 5.11 Å². The minimum atomic E-state index is -0.831. The van der Waals surface area contributed by atoms with Crippen LogP contribution >= 0.6 is 0 Å². The number of ether oxygens (including phenoxy) is 1. The Hall–Kier alpha value is -1.85. The molecule has 0 bridgehead atoms. The predicted molar refractivity (Wildman–Crippen MR) is 53.1 cm³/mol. The highest BCUT2D eigenvalue weighted by molar-refractivity contribution is 5.89. The van der Waals surface area contributed by atoms with Gasteiger partial charge in [0.1, 0.15) is 0 Å². The number of esters is 1. The lowest BCUT2D eigenvalue weighted by Crippen LogP contribution is -2.23. The molecule has 2 rings (SSSR count). The van der Waals surface area contributed by atoms with Gasteiger partial charge in [0.2, 0.25) is 0 Å². The number of methoxy groups -OCH3 is 1. The number of carboxylic acid groups (broad SMARTS) is 1. The van der Waals surface area contributed by atoms with Crippen molar-refractivity contribution in [2.75, 3.05) is 7.11 Å². The molecule has 0 amide bonds. The third-order valence-corrected chi connectivity index (χ3v) is 2.87. The fraction of sp³-hybridized carbons (Fsp3) is 0.500. The molecule has 0 aromatic carbocycles. The van der Waals surface area contributed by atoms with Crippen molar-refractivity contribution in [2.45, 2.75) is 19.3 Å². The molecule has 0 spiro atoms. The molecule has 0 aliphatic heterocycles. The van der Waals surface area contributed by atoms with E-state index in [1.807, 2.05) is 0 Å². The van der Waals surface area contributed by atoms with Gasteiger partial charge in [0.25, 0.3) is 0 Å². The van der Waals surface area contributed by atoms with Gasteiger partial charge in [0, 0.05) is 11.3 Å². The number of H-pyrrole nitrogens is 1. The molecule has 0 radical (unpaired) electrons. The molecule has 16 heavy (non-hydrogen) atoms. The molecular formula is C10H12N2O4. The number of hydrogen-bond donors (Lipinski definition) is 2. The summed E-state index contributed by atoms with van der Waals surface area (Å²) in [7, 11) is 1.28. The molecule has 6 nitrogen and oxygen atoms in total. The summed E-state index contributed by atoms with van der Waals surface area (Å²) in [6, 6.07) is 0. The fourth-order valence-electron chi connectivity index (χ4n) is 1.97. The van der Waals surface area contributed by atoms with Gasteiger partial charge in [0.05, 0.1) is 13.0 Å². The summed E-state index contributed by atoms with van der Waals surface area (Å²) in [6.45, 7) is 0. The molecule has 1 heterocycles. The maximum absolute atomic E-state index is 11.4. The van der Waals surface area contributed by atoms with Gasteiger partial charge in [-0.2, -0.15) is 5.10 Å². The largest absolute Gasteiger partial charge is 0.481 e. The molecule has 6 heteroatoms. The van der Waals surface area contributed by atoms with Crippen molar-refractivity contribution in [1.82, 2.24) is 10.2 Å². The van der Waals surface area contributed by atoms with E-state index in [1.54, 1.807) is 0 Å². The third kappa shape index (κ3) is 1.66. The predicted octanol–water partition coefficient (Wildman–Crippen LogP) is 0.386. The second-order valence-electron chi connectivity index (χ2n) is 3.80. The maximum atomic E-state index is 11.4. The number of aromatic nitrogens is 2. The van der Waals surface area contributed by atoms with Crippen molar-refractivity contribution in [1.29, 1.82) is 0 Å². The summed E-state index contributed by atoms with van der Waals surface area (Å²) < 4.78 is 4.59. The summed E-state index contributed by atoms with van der Waals surface area (Å²) in [6.07, 6.45) is 1.52. The van der Waals surface area contributed by atoms with Gasteiger partial charge in [-0.3, -0.25) is 9.89 Å². The normalized spacial score (nSPS) is 18.9. The van der Waals surface area contributed by atoms with E-state index < -0.39 is 17.9 Å². The first kappa shape index (κ1) is 10.7. The minimum Gasteiger partial charge on any atom is -0.481 e. The highest BCUT2D eigenvalue weighted by atomic mass is 16.5. The zero-order chi connectivity index (χ0) is 11.7. The lowest BCUT2D eigenvalue weighted by Gasteiger charge is -2.17. The third-order valence-electron chi connectivity index (χ3n) is 2.87. The molecule has 1 aliphatic rings. The van der Waals surface area contributed by atoms with E-state index in [2.05, 4.69) is 14.9 Å². The Kier molecular flexibility index (Phi) is 2.64. The van der Waals surface area contributed by atoms with E-state index in [0.717, 1.165) is 5.69 Å². The summed E-state index contributed by atoms with van der Waals surface area (Å²) in [4.78, 5) is 22.3. The number of carboxylic acids is 1. The minimum absolute atomic E-state index is 0.212. The van der Waals surface area contributed by atoms with Crippen LogP contribution < -0.4 is 0 Å². The molecule has 1 aromatic rings. The van der Waals surface area contributed by atoms with Gasteiger partial charge in [0.15, 0.2) is 5.69 Å². The maximum Gasteiger partial charge on any atom is 0.358 e. The average Bonchev–Trinajstić information content (AvgIpc) is 2.70. The topological polar surface area (TPSA) is 92.3 Å². The lowest BCUT2D eigenvalue weighted by atomic mass is 9.86. The number of aliphatic carboxylic acids is 1. The lowest BCUT2D eigenvalue weighted by molar-refractivity contribution is -0.142. The fourth-order valence-corrected chi connectivity index (χ4v) is 1.97. The zero-order valence-corrected chi connectivity index (χ0v) is 8.82. The van der Waals surface area contributed by atoms with E-state index in [-0.39, 0.29) is 5.69 Å². The molecule has 1 aromatic heterocycles. The Labute approximate surface area is 91.6 Å². The standard InChI is InChI=1S/C10H12N2O4/c1-16-10(15)8-6-4-5(9(13)14)2-3-7(6)11-12-8/h5H,2-4H2,1H3,(H,11,12)(H,13,14). The number of aryl methyl sites for hydroxylation is 1. The molecule has 1 atom stereocenters. The molecule has 2 N–H and O–H groups in total. The number of fused-ring (bicyclic) bond motifs is 1. The van der Waals surface area contributed by atoms with Crippen LogP contribution in [0.15, 0.2) is 0 Å². The monoisotopic (exact) mass is 224 g/mol. The first-order chi connectivity index (χ1) is 7.63. The van der Waals surface area contributed by atoms with Crippen molar-refractivity contribution in [3.63, 3.8) is 0 Å². The van der Waals surface area contributed by atoms with Crippen LogP contribution in [0.4, 0.5) is 0 Å². The Morgan fingerprint density at radius 3 is 2.94 bits per heavy atom. The highest BCUT2D eigenvalue weighted by Crippen LogP contribution is 2.26. The second kappa shape index (κ2) is 3.96. The Morgan fingerprint density at radius 1 is 1.56 bits per heavy atom. The molecule has 0 fully saturated rings. The van der Waals surface area contributed by atoms with Gasteiger partial charge in [-0.05, 0) is 19.3 Å². The Balaban J connectivity index is 2.31. The molecular weight excluding hydrogens is 212 g/mol. The van der Waals surface area contributed by atoms with E-state index >= 15 is 0 Å². The van der Waals surface area contributed by atoms with Gasteiger partial charge in [-0.25, -0.2) is 4.79 Å². The van der Waals surface area contributed by atoms with E-state index in [1.165, 1.54) is 7.11 Å². The van der Waals surface area contributed by atoms with E-state index in [9.17, 15) is 9.59 Å². The van der Waals surface area contributed by atoms with Crippen LogP contribution in [0.1, 0.15) is 28.2 Å². The molecule has 0 saturated heterocycles. The smallest absolute Gasteiger partial charge is 0.358 e. The molecule has 1 aliphatic carbocycles. The van der Waals surface area contributed by atoms with Gasteiger partial charge in [-0.1, -0.05) is 0 Å². The van der Waals surface area contributed by atoms with Crippen molar-refractivity contribution in [3.05, 3.63) is 17.0 Å². The number of nitrogens with zero attached hydrogens (tertiary/aromatic N) is 1. The van der Waals surface area contributed by atoms with Gasteiger partial charge >= 0.3 is 11.9 Å². The number of carbonyl (C=O) groups is 2. The Morgan fingerprint density at radius 2 is 2.31 bits per heavy atom.